The first-order chi connectivity index (χ1) is 7.74. The Morgan fingerprint density at radius 3 is 2.69 bits per heavy atom. The lowest BCUT2D eigenvalue weighted by atomic mass is 10.2. The second-order valence-corrected chi connectivity index (χ2v) is 3.71. The van der Waals surface area contributed by atoms with Crippen LogP contribution < -0.4 is 0 Å². The van der Waals surface area contributed by atoms with Crippen LogP contribution in [0.4, 0.5) is 0 Å². The fourth-order valence-electron chi connectivity index (χ4n) is 1.25. The van der Waals surface area contributed by atoms with Gasteiger partial charge in [0.15, 0.2) is 0 Å². The maximum atomic E-state index is 11.1. The number of carbonyl (C=O) groups excluding carboxylic acids is 1. The van der Waals surface area contributed by atoms with Crippen molar-refractivity contribution in [3.8, 4) is 6.07 Å². The summed E-state index contributed by atoms with van der Waals surface area (Å²) in [4.78, 5) is 11.1. The number of rotatable bonds is 8. The van der Waals surface area contributed by atoms with Crippen molar-refractivity contribution in [3.05, 3.63) is 12.2 Å². The van der Waals surface area contributed by atoms with Gasteiger partial charge in [0.1, 0.15) is 6.07 Å². The van der Waals surface area contributed by atoms with Gasteiger partial charge in [-0.25, -0.2) is 0 Å². The molecule has 0 aromatic rings. The van der Waals surface area contributed by atoms with Crippen molar-refractivity contribution in [2.24, 2.45) is 0 Å². The van der Waals surface area contributed by atoms with E-state index in [0.29, 0.717) is 6.42 Å². The predicted molar refractivity (Wildman–Crippen MR) is 63.7 cm³/mol. The number of unbranched alkanes of at least 4 members (excludes halogenated alkanes) is 3. The number of nitriles is 1. The summed E-state index contributed by atoms with van der Waals surface area (Å²) in [5.41, 5.74) is 0. The van der Waals surface area contributed by atoms with Crippen LogP contribution in [0.2, 0.25) is 0 Å². The molecular weight excluding hydrogens is 202 g/mol. The minimum Gasteiger partial charge on any atom is -0.443 e. The summed E-state index contributed by atoms with van der Waals surface area (Å²) >= 11 is 0. The molecule has 0 amide bonds. The molecule has 0 aliphatic rings. The molecule has 0 spiro atoms. The van der Waals surface area contributed by atoms with Gasteiger partial charge < -0.3 is 4.74 Å². The van der Waals surface area contributed by atoms with Gasteiger partial charge in [0, 0.05) is 6.42 Å². The summed E-state index contributed by atoms with van der Waals surface area (Å²) in [6.45, 7) is 4.05. The number of ether oxygens (including phenoxy) is 1. The van der Waals surface area contributed by atoms with Gasteiger partial charge in [-0.2, -0.15) is 5.26 Å². The normalized spacial score (nSPS) is 12.3. The lowest BCUT2D eigenvalue weighted by molar-refractivity contribution is -0.144. The van der Waals surface area contributed by atoms with E-state index in [1.165, 1.54) is 12.8 Å². The smallest absolute Gasteiger partial charge is 0.307 e. The van der Waals surface area contributed by atoms with Crippen LogP contribution in [0.5, 0.6) is 0 Å². The second-order valence-electron chi connectivity index (χ2n) is 3.71. The molecule has 0 saturated carbocycles. The Labute approximate surface area is 98.1 Å². The van der Waals surface area contributed by atoms with Gasteiger partial charge in [-0.1, -0.05) is 32.8 Å². The second kappa shape index (κ2) is 10.2. The molecule has 0 saturated heterocycles. The molecule has 0 heterocycles. The van der Waals surface area contributed by atoms with Crippen LogP contribution in [0, 0.1) is 11.3 Å². The van der Waals surface area contributed by atoms with Crippen molar-refractivity contribution in [3.63, 3.8) is 0 Å². The third-order valence-electron chi connectivity index (χ3n) is 2.12. The van der Waals surface area contributed by atoms with Gasteiger partial charge in [0.25, 0.3) is 0 Å². The maximum Gasteiger partial charge on any atom is 0.307 e. The first kappa shape index (κ1) is 14.7. The zero-order valence-corrected chi connectivity index (χ0v) is 10.2. The van der Waals surface area contributed by atoms with Gasteiger partial charge in [-0.05, 0) is 25.3 Å². The fraction of sp³-hybridized carbons (Fsp3) is 0.692. The Balaban J connectivity index is 3.83. The Morgan fingerprint density at radius 1 is 1.38 bits per heavy atom. The molecule has 3 nitrogen and oxygen atoms in total. The standard InChI is InChI=1S/C13H21NO2/c1-3-5-6-7-8-10-12(11-14)16-13(15)9-4-2/h8,10,12H,3-7,9H2,1-2H3/b10-8+/t12-/m0/s1. The summed E-state index contributed by atoms with van der Waals surface area (Å²) < 4.78 is 4.96. The largest absolute Gasteiger partial charge is 0.443 e. The average molecular weight is 223 g/mol. The van der Waals surface area contributed by atoms with Crippen molar-refractivity contribution in [2.75, 3.05) is 0 Å². The number of carbonyl (C=O) groups is 1. The zero-order chi connectivity index (χ0) is 12.2. The molecule has 1 atom stereocenters. The first-order valence-electron chi connectivity index (χ1n) is 6.00. The van der Waals surface area contributed by atoms with Gasteiger partial charge >= 0.3 is 5.97 Å². The molecule has 0 aromatic heterocycles. The molecule has 0 fully saturated rings. The summed E-state index contributed by atoms with van der Waals surface area (Å²) in [5.74, 6) is -0.299. The van der Waals surface area contributed by atoms with Gasteiger partial charge in [-0.3, -0.25) is 4.79 Å². The van der Waals surface area contributed by atoms with E-state index in [0.717, 1.165) is 19.3 Å². The maximum absolute atomic E-state index is 11.1. The van der Waals surface area contributed by atoms with E-state index < -0.39 is 6.10 Å². The number of hydrogen-bond acceptors (Lipinski definition) is 3. The monoisotopic (exact) mass is 223 g/mol. The van der Waals surface area contributed by atoms with E-state index in [9.17, 15) is 4.79 Å². The number of allylic oxidation sites excluding steroid dienone is 1. The van der Waals surface area contributed by atoms with E-state index in [1.54, 1.807) is 6.08 Å². The molecule has 0 aliphatic carbocycles. The van der Waals surface area contributed by atoms with Crippen molar-refractivity contribution in [1.29, 1.82) is 5.26 Å². The van der Waals surface area contributed by atoms with Crippen molar-refractivity contribution >= 4 is 5.97 Å². The van der Waals surface area contributed by atoms with Crippen LogP contribution in [0.15, 0.2) is 12.2 Å². The van der Waals surface area contributed by atoms with Crippen molar-refractivity contribution in [1.82, 2.24) is 0 Å². The summed E-state index contributed by atoms with van der Waals surface area (Å²) in [6.07, 6.45) is 8.43. The highest BCUT2D eigenvalue weighted by Crippen LogP contribution is 2.03. The number of hydrogen-bond donors (Lipinski definition) is 0. The van der Waals surface area contributed by atoms with Gasteiger partial charge in [0.05, 0.1) is 0 Å². The predicted octanol–water partition coefficient (Wildman–Crippen LogP) is 3.36. The molecular formula is C13H21NO2. The van der Waals surface area contributed by atoms with E-state index in [2.05, 4.69) is 6.92 Å². The van der Waals surface area contributed by atoms with Crippen LogP contribution in [-0.4, -0.2) is 12.1 Å². The van der Waals surface area contributed by atoms with Crippen LogP contribution >= 0.6 is 0 Å². The van der Waals surface area contributed by atoms with Crippen LogP contribution in [-0.2, 0) is 9.53 Å². The highest BCUT2D eigenvalue weighted by Gasteiger charge is 2.08. The molecule has 0 N–H and O–H groups in total. The van der Waals surface area contributed by atoms with E-state index in [-0.39, 0.29) is 5.97 Å². The van der Waals surface area contributed by atoms with Crippen LogP contribution in [0.3, 0.4) is 0 Å². The lowest BCUT2D eigenvalue weighted by Gasteiger charge is -2.05. The van der Waals surface area contributed by atoms with Crippen LogP contribution in [0.1, 0.15) is 52.4 Å². The van der Waals surface area contributed by atoms with E-state index >= 15 is 0 Å². The first-order valence-corrected chi connectivity index (χ1v) is 6.00. The highest BCUT2D eigenvalue weighted by atomic mass is 16.5. The van der Waals surface area contributed by atoms with E-state index in [4.69, 9.17) is 10.00 Å². The highest BCUT2D eigenvalue weighted by molar-refractivity contribution is 5.69. The SMILES string of the molecule is CCCCC/C=C/[C@@H](C#N)OC(=O)CCC. The fourth-order valence-corrected chi connectivity index (χ4v) is 1.25. The molecule has 0 unspecified atom stereocenters. The third kappa shape index (κ3) is 8.05. The summed E-state index contributed by atoms with van der Waals surface area (Å²) in [5, 5.41) is 8.77. The third-order valence-corrected chi connectivity index (χ3v) is 2.12. The van der Waals surface area contributed by atoms with Crippen LogP contribution in [0.25, 0.3) is 0 Å². The topological polar surface area (TPSA) is 50.1 Å². The molecule has 90 valence electrons. The molecule has 0 radical (unpaired) electrons. The molecule has 16 heavy (non-hydrogen) atoms. The Kier molecular flexibility index (Phi) is 9.39. The zero-order valence-electron chi connectivity index (χ0n) is 10.2. The minimum absolute atomic E-state index is 0.299. The quantitative estimate of drug-likeness (QED) is 0.360. The molecule has 3 heteroatoms. The summed E-state index contributed by atoms with van der Waals surface area (Å²) in [6, 6.07) is 1.95. The molecule has 0 aliphatic heterocycles. The molecule has 0 rings (SSSR count). The number of esters is 1. The minimum atomic E-state index is -0.722. The Morgan fingerprint density at radius 2 is 2.12 bits per heavy atom. The van der Waals surface area contributed by atoms with Gasteiger partial charge in [-0.15, -0.1) is 0 Å². The van der Waals surface area contributed by atoms with E-state index in [1.807, 2.05) is 19.1 Å². The van der Waals surface area contributed by atoms with Crippen molar-refractivity contribution in [2.45, 2.75) is 58.5 Å². The number of nitrogens with zero attached hydrogens (tertiary/aromatic N) is 1. The molecule has 0 aromatic carbocycles. The Bertz CT molecular complexity index is 253. The lowest BCUT2D eigenvalue weighted by Crippen LogP contribution is -2.13. The molecule has 0 bridgehead atoms. The summed E-state index contributed by atoms with van der Waals surface area (Å²) in [7, 11) is 0. The van der Waals surface area contributed by atoms with Crippen molar-refractivity contribution < 1.29 is 9.53 Å². The Hall–Kier alpha value is -1.30. The average Bonchev–Trinajstić information content (AvgIpc) is 2.27. The van der Waals surface area contributed by atoms with Gasteiger partial charge in [0.2, 0.25) is 6.10 Å².